The van der Waals surface area contributed by atoms with Crippen LogP contribution in [0.3, 0.4) is 0 Å². The molecular weight excluding hydrogens is 446 g/mol. The van der Waals surface area contributed by atoms with Crippen LogP contribution in [0, 0.1) is 11.5 Å². The number of nitrogens with zero attached hydrogens (tertiary/aromatic N) is 3. The molecule has 4 rings (SSSR count). The van der Waals surface area contributed by atoms with E-state index < -0.39 is 8.07 Å². The molecule has 0 unspecified atom stereocenters. The Balaban J connectivity index is 1.80. The molecule has 0 fully saturated rings. The van der Waals surface area contributed by atoms with Crippen LogP contribution >= 0.6 is 0 Å². The van der Waals surface area contributed by atoms with Gasteiger partial charge in [-0.1, -0.05) is 77.8 Å². The maximum absolute atomic E-state index is 6.09. The van der Waals surface area contributed by atoms with Gasteiger partial charge in [-0.3, -0.25) is 4.57 Å². The highest BCUT2D eigenvalue weighted by molar-refractivity contribution is 6.90. The fourth-order valence-corrected chi connectivity index (χ4v) is 10.6. The van der Waals surface area contributed by atoms with E-state index in [0.29, 0.717) is 29.2 Å². The number of rotatable bonds is 7. The summed E-state index contributed by atoms with van der Waals surface area (Å²) in [4.78, 5) is 9.09. The van der Waals surface area contributed by atoms with Gasteiger partial charge < -0.3 is 4.74 Å². The molecule has 2 heterocycles. The second kappa shape index (κ2) is 10.5. The van der Waals surface area contributed by atoms with Gasteiger partial charge in [-0.05, 0) is 52.5 Å². The molecule has 2 aromatic carbocycles. The van der Waals surface area contributed by atoms with E-state index in [0.717, 1.165) is 27.9 Å². The topological polar surface area (TPSA) is 39.9 Å². The van der Waals surface area contributed by atoms with Gasteiger partial charge in [0.05, 0.1) is 11.2 Å². The van der Waals surface area contributed by atoms with Crippen molar-refractivity contribution in [2.75, 3.05) is 0 Å². The lowest BCUT2D eigenvalue weighted by Crippen LogP contribution is -2.43. The van der Waals surface area contributed by atoms with Crippen LogP contribution in [0.4, 0.5) is 0 Å². The molecule has 0 saturated carbocycles. The molecule has 0 atom stereocenters. The molecule has 0 aliphatic rings. The van der Waals surface area contributed by atoms with Crippen LogP contribution in [0.1, 0.15) is 52.8 Å². The van der Waals surface area contributed by atoms with E-state index in [9.17, 15) is 0 Å². The predicted octanol–water partition coefficient (Wildman–Crippen LogP) is 7.57. The van der Waals surface area contributed by atoms with Gasteiger partial charge in [-0.2, -0.15) is 0 Å². The number of fused-ring (bicyclic) bond motifs is 1. The second-order valence-corrected chi connectivity index (χ2v) is 15.6. The Morgan fingerprint density at radius 3 is 2.11 bits per heavy atom. The molecule has 0 aliphatic heterocycles. The number of benzene rings is 2. The lowest BCUT2D eigenvalue weighted by molar-refractivity contribution is 0.306. The lowest BCUT2D eigenvalue weighted by atomic mass is 10.2. The summed E-state index contributed by atoms with van der Waals surface area (Å²) in [5, 5.41) is 1.07. The smallest absolute Gasteiger partial charge is 0.235 e. The summed E-state index contributed by atoms with van der Waals surface area (Å²) in [6.07, 6.45) is 3.55. The summed E-state index contributed by atoms with van der Waals surface area (Å²) >= 11 is 0. The van der Waals surface area contributed by atoms with Crippen molar-refractivity contribution in [3.8, 4) is 23.2 Å². The van der Waals surface area contributed by atoms with Crippen molar-refractivity contribution in [1.82, 2.24) is 14.5 Å². The van der Waals surface area contributed by atoms with Crippen molar-refractivity contribution in [3.05, 3.63) is 84.3 Å². The molecule has 180 valence electrons. The Kier molecular flexibility index (Phi) is 7.42. The molecule has 0 aliphatic carbocycles. The first-order valence-electron chi connectivity index (χ1n) is 12.5. The number of hydrogen-bond donors (Lipinski definition) is 0. The van der Waals surface area contributed by atoms with Crippen LogP contribution in [-0.2, 0) is 6.61 Å². The summed E-state index contributed by atoms with van der Waals surface area (Å²) in [7, 11) is -1.88. The molecule has 0 N–H and O–H groups in total. The number of aromatic nitrogens is 3. The largest absolute Gasteiger partial charge is 0.489 e. The van der Waals surface area contributed by atoms with Crippen LogP contribution < -0.4 is 4.74 Å². The molecule has 4 nitrogen and oxygen atoms in total. The first-order chi connectivity index (χ1) is 16.8. The van der Waals surface area contributed by atoms with Gasteiger partial charge in [0.1, 0.15) is 20.4 Å². The van der Waals surface area contributed by atoms with Crippen LogP contribution in [0.15, 0.2) is 73.1 Å². The normalized spacial score (nSPS) is 11.8. The van der Waals surface area contributed by atoms with E-state index in [1.807, 2.05) is 30.3 Å². The summed E-state index contributed by atoms with van der Waals surface area (Å²) in [6.45, 7) is 14.6. The Hall–Kier alpha value is -3.36. The van der Waals surface area contributed by atoms with E-state index in [2.05, 4.69) is 97.9 Å². The molecule has 0 radical (unpaired) electrons. The number of hydrogen-bond acceptors (Lipinski definition) is 3. The van der Waals surface area contributed by atoms with Gasteiger partial charge >= 0.3 is 0 Å². The van der Waals surface area contributed by atoms with Crippen LogP contribution in [0.5, 0.6) is 5.75 Å². The van der Waals surface area contributed by atoms with Gasteiger partial charge in [-0.25, -0.2) is 9.97 Å². The fraction of sp³-hybridized carbons (Fsp3) is 0.333. The average Bonchev–Trinajstić information content (AvgIpc) is 3.21. The van der Waals surface area contributed by atoms with Gasteiger partial charge in [0, 0.05) is 17.8 Å². The third kappa shape index (κ3) is 5.04. The van der Waals surface area contributed by atoms with E-state index in [1.54, 1.807) is 12.4 Å². The van der Waals surface area contributed by atoms with E-state index in [4.69, 9.17) is 4.74 Å². The highest BCUT2D eigenvalue weighted by Gasteiger charge is 2.41. The van der Waals surface area contributed by atoms with Crippen molar-refractivity contribution in [2.24, 2.45) is 0 Å². The number of ether oxygens (including phenoxy) is 1. The Morgan fingerprint density at radius 2 is 1.49 bits per heavy atom. The van der Waals surface area contributed by atoms with Crippen molar-refractivity contribution in [1.29, 1.82) is 0 Å². The molecule has 0 spiro atoms. The molecule has 0 saturated heterocycles. The molecule has 35 heavy (non-hydrogen) atoms. The predicted molar refractivity (Wildman–Crippen MR) is 148 cm³/mol. The summed E-state index contributed by atoms with van der Waals surface area (Å²) < 4.78 is 8.17. The first-order valence-corrected chi connectivity index (χ1v) is 14.7. The van der Waals surface area contributed by atoms with Crippen molar-refractivity contribution in [2.45, 2.75) is 64.8 Å². The van der Waals surface area contributed by atoms with Crippen molar-refractivity contribution < 1.29 is 4.74 Å². The maximum atomic E-state index is 6.09. The minimum Gasteiger partial charge on any atom is -0.489 e. The highest BCUT2D eigenvalue weighted by Crippen LogP contribution is 2.41. The SMILES string of the molecule is CC(C)[Si](C#Cc1cc2cc(OCc3ccccc3)ccc2n1-c1ncccn1)(C(C)C)C(C)C. The molecule has 0 amide bonds. The molecule has 4 aromatic rings. The first kappa shape index (κ1) is 24.8. The Morgan fingerprint density at radius 1 is 0.829 bits per heavy atom. The second-order valence-electron chi connectivity index (χ2n) is 10.1. The van der Waals surface area contributed by atoms with Gasteiger partial charge in [0.25, 0.3) is 0 Å². The van der Waals surface area contributed by atoms with E-state index >= 15 is 0 Å². The Labute approximate surface area is 210 Å². The lowest BCUT2D eigenvalue weighted by Gasteiger charge is -2.38. The zero-order valence-electron chi connectivity index (χ0n) is 21.6. The van der Waals surface area contributed by atoms with Crippen LogP contribution in [0.2, 0.25) is 16.6 Å². The zero-order valence-corrected chi connectivity index (χ0v) is 22.6. The highest BCUT2D eigenvalue weighted by atomic mass is 28.3. The minimum atomic E-state index is -1.88. The summed E-state index contributed by atoms with van der Waals surface area (Å²) in [5.41, 5.74) is 8.66. The van der Waals surface area contributed by atoms with Crippen molar-refractivity contribution >= 4 is 19.0 Å². The molecule has 0 bridgehead atoms. The van der Waals surface area contributed by atoms with Crippen LogP contribution in [0.25, 0.3) is 16.9 Å². The maximum Gasteiger partial charge on any atom is 0.235 e. The third-order valence-corrected chi connectivity index (χ3v) is 13.3. The monoisotopic (exact) mass is 481 g/mol. The van der Waals surface area contributed by atoms with E-state index in [-0.39, 0.29) is 0 Å². The van der Waals surface area contributed by atoms with E-state index in [1.165, 1.54) is 0 Å². The summed E-state index contributed by atoms with van der Waals surface area (Å²) in [5.74, 6) is 5.09. The zero-order chi connectivity index (χ0) is 25.0. The molecular formula is C30H35N3OSi. The van der Waals surface area contributed by atoms with Gasteiger partial charge in [0.15, 0.2) is 0 Å². The fourth-order valence-electron chi connectivity index (χ4n) is 5.34. The minimum absolute atomic E-state index is 0.535. The molecule has 2 aromatic heterocycles. The quantitative estimate of drug-likeness (QED) is 0.202. The Bertz CT molecular complexity index is 1310. The van der Waals surface area contributed by atoms with Crippen LogP contribution in [-0.4, -0.2) is 22.6 Å². The van der Waals surface area contributed by atoms with Crippen molar-refractivity contribution in [3.63, 3.8) is 0 Å². The van der Waals surface area contributed by atoms with Gasteiger partial charge in [0.2, 0.25) is 5.95 Å². The summed E-state index contributed by atoms with van der Waals surface area (Å²) in [6, 6.07) is 20.4. The average molecular weight is 482 g/mol. The molecule has 5 heteroatoms. The van der Waals surface area contributed by atoms with Gasteiger partial charge in [-0.15, -0.1) is 5.54 Å². The standard InChI is InChI=1S/C30H35N3OSi/c1-22(2)35(23(3)4,24(5)6)18-15-27-19-26-20-28(34-21-25-11-8-7-9-12-25)13-14-29(26)33(27)30-31-16-10-17-32-30/h7-14,16-17,19-20,22-24H,21H2,1-6H3. The third-order valence-electron chi connectivity index (χ3n) is 7.05.